The van der Waals surface area contributed by atoms with Crippen LogP contribution in [0.5, 0.6) is 5.88 Å². The van der Waals surface area contributed by atoms with Crippen LogP contribution in [0, 0.1) is 6.92 Å². The van der Waals surface area contributed by atoms with E-state index in [9.17, 15) is 0 Å². The highest BCUT2D eigenvalue weighted by atomic mass is 16.5. The lowest BCUT2D eigenvalue weighted by atomic mass is 10.2. The molecule has 0 amide bonds. The van der Waals surface area contributed by atoms with E-state index in [1.165, 1.54) is 6.33 Å². The van der Waals surface area contributed by atoms with Crippen molar-refractivity contribution in [3.05, 3.63) is 11.9 Å². The van der Waals surface area contributed by atoms with Gasteiger partial charge in [-0.05, 0) is 6.92 Å². The molecule has 0 aromatic carbocycles. The third-order valence-corrected chi connectivity index (χ3v) is 2.75. The topological polar surface area (TPSA) is 68.3 Å². The van der Waals surface area contributed by atoms with Gasteiger partial charge in [0.15, 0.2) is 0 Å². The second-order valence-corrected chi connectivity index (χ2v) is 3.96. The van der Waals surface area contributed by atoms with Crippen molar-refractivity contribution in [2.24, 2.45) is 0 Å². The highest BCUT2D eigenvalue weighted by Gasteiger charge is 2.14. The third-order valence-electron chi connectivity index (χ3n) is 2.75. The zero-order valence-corrected chi connectivity index (χ0v) is 10.2. The second-order valence-electron chi connectivity index (χ2n) is 3.96. The SMILES string of the molecule is COc1ncnc(NCC2COCCN2)c1C. The van der Waals surface area contributed by atoms with E-state index in [-0.39, 0.29) is 0 Å². The molecule has 0 spiro atoms. The quantitative estimate of drug-likeness (QED) is 0.780. The molecule has 6 heteroatoms. The van der Waals surface area contributed by atoms with Gasteiger partial charge in [-0.3, -0.25) is 0 Å². The van der Waals surface area contributed by atoms with E-state index in [4.69, 9.17) is 9.47 Å². The van der Waals surface area contributed by atoms with Gasteiger partial charge in [0, 0.05) is 19.1 Å². The Balaban J connectivity index is 1.93. The van der Waals surface area contributed by atoms with Crippen LogP contribution in [0.15, 0.2) is 6.33 Å². The lowest BCUT2D eigenvalue weighted by molar-refractivity contribution is 0.0806. The largest absolute Gasteiger partial charge is 0.481 e. The predicted molar refractivity (Wildman–Crippen MR) is 64.4 cm³/mol. The fraction of sp³-hybridized carbons (Fsp3) is 0.636. The summed E-state index contributed by atoms with van der Waals surface area (Å²) in [5, 5.41) is 6.66. The van der Waals surface area contributed by atoms with Crippen molar-refractivity contribution in [1.82, 2.24) is 15.3 Å². The van der Waals surface area contributed by atoms with Crippen LogP contribution in [0.4, 0.5) is 5.82 Å². The highest BCUT2D eigenvalue weighted by molar-refractivity contribution is 5.47. The normalized spacial score (nSPS) is 20.0. The number of rotatable bonds is 4. The molecule has 1 aromatic rings. The molecule has 1 saturated heterocycles. The van der Waals surface area contributed by atoms with Crippen LogP contribution in [0.25, 0.3) is 0 Å². The van der Waals surface area contributed by atoms with Gasteiger partial charge >= 0.3 is 0 Å². The molecule has 1 aliphatic heterocycles. The molecule has 94 valence electrons. The lowest BCUT2D eigenvalue weighted by Crippen LogP contribution is -2.45. The smallest absolute Gasteiger partial charge is 0.221 e. The van der Waals surface area contributed by atoms with Gasteiger partial charge in [0.1, 0.15) is 12.1 Å². The molecule has 2 N–H and O–H groups in total. The Kier molecular flexibility index (Phi) is 4.11. The Hall–Kier alpha value is -1.40. The summed E-state index contributed by atoms with van der Waals surface area (Å²) >= 11 is 0. The van der Waals surface area contributed by atoms with E-state index in [0.29, 0.717) is 11.9 Å². The monoisotopic (exact) mass is 238 g/mol. The predicted octanol–water partition coefficient (Wildman–Crippen LogP) is 0.194. The number of hydrogen-bond acceptors (Lipinski definition) is 6. The number of aromatic nitrogens is 2. The molecule has 0 radical (unpaired) electrons. The maximum Gasteiger partial charge on any atom is 0.221 e. The number of nitrogens with one attached hydrogen (secondary N) is 2. The number of nitrogens with zero attached hydrogens (tertiary/aromatic N) is 2. The Labute approximate surface area is 101 Å². The second kappa shape index (κ2) is 5.79. The van der Waals surface area contributed by atoms with E-state index < -0.39 is 0 Å². The Bertz CT molecular complexity index is 366. The number of ether oxygens (including phenoxy) is 2. The summed E-state index contributed by atoms with van der Waals surface area (Å²) in [6.07, 6.45) is 1.50. The van der Waals surface area contributed by atoms with Gasteiger partial charge in [0.2, 0.25) is 5.88 Å². The number of hydrogen-bond donors (Lipinski definition) is 2. The molecule has 2 rings (SSSR count). The van der Waals surface area contributed by atoms with Gasteiger partial charge < -0.3 is 20.1 Å². The lowest BCUT2D eigenvalue weighted by Gasteiger charge is -2.24. The number of anilines is 1. The van der Waals surface area contributed by atoms with Crippen LogP contribution in [-0.2, 0) is 4.74 Å². The first-order valence-electron chi connectivity index (χ1n) is 5.72. The van der Waals surface area contributed by atoms with E-state index in [1.54, 1.807) is 7.11 Å². The minimum atomic E-state index is 0.323. The summed E-state index contributed by atoms with van der Waals surface area (Å²) in [6, 6.07) is 0.323. The zero-order valence-electron chi connectivity index (χ0n) is 10.2. The van der Waals surface area contributed by atoms with Crippen molar-refractivity contribution in [3.8, 4) is 5.88 Å². The average molecular weight is 238 g/mol. The van der Waals surface area contributed by atoms with Crippen molar-refractivity contribution in [1.29, 1.82) is 0 Å². The fourth-order valence-electron chi connectivity index (χ4n) is 1.79. The van der Waals surface area contributed by atoms with Gasteiger partial charge in [-0.25, -0.2) is 9.97 Å². The summed E-state index contributed by atoms with van der Waals surface area (Å²) in [4.78, 5) is 8.24. The van der Waals surface area contributed by atoms with Gasteiger partial charge in [-0.2, -0.15) is 0 Å². The third kappa shape index (κ3) is 3.04. The Morgan fingerprint density at radius 2 is 2.47 bits per heavy atom. The van der Waals surface area contributed by atoms with Gasteiger partial charge in [0.05, 0.1) is 25.9 Å². The van der Waals surface area contributed by atoms with Crippen molar-refractivity contribution in [2.75, 3.05) is 38.7 Å². The summed E-state index contributed by atoms with van der Waals surface area (Å²) in [7, 11) is 1.61. The van der Waals surface area contributed by atoms with Gasteiger partial charge in [-0.15, -0.1) is 0 Å². The van der Waals surface area contributed by atoms with Crippen molar-refractivity contribution in [3.63, 3.8) is 0 Å². The van der Waals surface area contributed by atoms with Crippen LogP contribution in [0.2, 0.25) is 0 Å². The van der Waals surface area contributed by atoms with E-state index in [1.807, 2.05) is 6.92 Å². The molecule has 1 fully saturated rings. The minimum Gasteiger partial charge on any atom is -0.481 e. The minimum absolute atomic E-state index is 0.323. The van der Waals surface area contributed by atoms with Gasteiger partial charge in [0.25, 0.3) is 0 Å². The Morgan fingerprint density at radius 1 is 1.59 bits per heavy atom. The first kappa shape index (κ1) is 12.1. The average Bonchev–Trinajstić information content (AvgIpc) is 2.39. The van der Waals surface area contributed by atoms with Gasteiger partial charge in [-0.1, -0.05) is 0 Å². The summed E-state index contributed by atoms with van der Waals surface area (Å²) in [6.45, 7) is 5.14. The molecule has 2 heterocycles. The summed E-state index contributed by atoms with van der Waals surface area (Å²) in [5.74, 6) is 1.42. The van der Waals surface area contributed by atoms with Crippen molar-refractivity contribution >= 4 is 5.82 Å². The van der Waals surface area contributed by atoms with Crippen LogP contribution in [0.1, 0.15) is 5.56 Å². The highest BCUT2D eigenvalue weighted by Crippen LogP contribution is 2.19. The van der Waals surface area contributed by atoms with E-state index >= 15 is 0 Å². The molecule has 0 saturated carbocycles. The maximum absolute atomic E-state index is 5.39. The number of methoxy groups -OCH3 is 1. The molecule has 1 aromatic heterocycles. The standard InChI is InChI=1S/C11H18N4O2/c1-8-10(14-7-15-11(8)16-2)13-5-9-6-17-4-3-12-9/h7,9,12H,3-6H2,1-2H3,(H,13,14,15). The van der Waals surface area contributed by atoms with E-state index in [0.717, 1.165) is 37.7 Å². The number of morpholine rings is 1. The first-order valence-corrected chi connectivity index (χ1v) is 5.72. The van der Waals surface area contributed by atoms with Crippen LogP contribution < -0.4 is 15.4 Å². The van der Waals surface area contributed by atoms with Crippen molar-refractivity contribution < 1.29 is 9.47 Å². The van der Waals surface area contributed by atoms with Crippen LogP contribution in [0.3, 0.4) is 0 Å². The molecule has 17 heavy (non-hydrogen) atoms. The van der Waals surface area contributed by atoms with Crippen LogP contribution in [-0.4, -0.2) is 49.4 Å². The molecule has 1 unspecified atom stereocenters. The summed E-state index contributed by atoms with van der Waals surface area (Å²) in [5.41, 5.74) is 0.923. The van der Waals surface area contributed by atoms with E-state index in [2.05, 4.69) is 20.6 Å². The Morgan fingerprint density at radius 3 is 3.18 bits per heavy atom. The molecule has 6 nitrogen and oxygen atoms in total. The molecule has 1 aliphatic rings. The zero-order chi connectivity index (χ0) is 12.1. The first-order chi connectivity index (χ1) is 8.31. The fourth-order valence-corrected chi connectivity index (χ4v) is 1.79. The molecular weight excluding hydrogens is 220 g/mol. The molecular formula is C11H18N4O2. The maximum atomic E-state index is 5.39. The molecule has 1 atom stereocenters. The summed E-state index contributed by atoms with van der Waals surface area (Å²) < 4.78 is 10.5. The van der Waals surface area contributed by atoms with Crippen molar-refractivity contribution in [2.45, 2.75) is 13.0 Å². The molecule has 0 aliphatic carbocycles. The van der Waals surface area contributed by atoms with Crippen LogP contribution >= 0.6 is 0 Å². The molecule has 0 bridgehead atoms.